The van der Waals surface area contributed by atoms with Crippen molar-refractivity contribution in [1.29, 1.82) is 0 Å². The quantitative estimate of drug-likeness (QED) is 0.239. The van der Waals surface area contributed by atoms with Gasteiger partial charge in [-0.3, -0.25) is 14.7 Å². The van der Waals surface area contributed by atoms with Crippen LogP contribution in [0.4, 0.5) is 14.5 Å². The summed E-state index contributed by atoms with van der Waals surface area (Å²) in [6.07, 6.45) is 4.26. The minimum atomic E-state index is -1.05. The van der Waals surface area contributed by atoms with E-state index in [-0.39, 0.29) is 17.9 Å². The summed E-state index contributed by atoms with van der Waals surface area (Å²) >= 11 is 0. The first-order valence-corrected chi connectivity index (χ1v) is 14.3. The first-order valence-electron chi connectivity index (χ1n) is 14.3. The minimum Gasteiger partial charge on any atom is -0.493 e. The molecule has 0 saturated heterocycles. The van der Waals surface area contributed by atoms with Gasteiger partial charge in [-0.25, -0.2) is 13.8 Å². The average Bonchev–Trinajstić information content (AvgIpc) is 3.47. The number of amides is 2. The molecule has 0 radical (unpaired) electrons. The topological polar surface area (TPSA) is 132 Å². The van der Waals surface area contributed by atoms with Crippen molar-refractivity contribution in [3.63, 3.8) is 0 Å². The molecule has 2 aliphatic rings. The molecule has 4 aromatic rings. The van der Waals surface area contributed by atoms with Gasteiger partial charge in [0.1, 0.15) is 17.6 Å². The fourth-order valence-electron chi connectivity index (χ4n) is 6.00. The third-order valence-corrected chi connectivity index (χ3v) is 8.46. The first-order chi connectivity index (χ1) is 21.2. The molecule has 2 aromatic carbocycles. The van der Waals surface area contributed by atoms with Crippen LogP contribution in [0, 0.1) is 36.8 Å². The van der Waals surface area contributed by atoms with E-state index in [1.165, 1.54) is 19.6 Å². The van der Waals surface area contributed by atoms with Crippen molar-refractivity contribution in [2.24, 2.45) is 16.3 Å². The number of rotatable bonds is 9. The van der Waals surface area contributed by atoms with Crippen molar-refractivity contribution in [2.75, 3.05) is 25.6 Å². The van der Waals surface area contributed by atoms with Crippen LogP contribution in [0.25, 0.3) is 11.1 Å². The fourth-order valence-corrected chi connectivity index (χ4v) is 6.00. The van der Waals surface area contributed by atoms with Crippen LogP contribution in [-0.2, 0) is 16.0 Å². The number of methoxy groups -OCH3 is 1. The molecule has 0 bridgehead atoms. The summed E-state index contributed by atoms with van der Waals surface area (Å²) in [4.78, 5) is 31.4. The highest BCUT2D eigenvalue weighted by molar-refractivity contribution is 6.07. The number of aromatic amines is 1. The Morgan fingerprint density at radius 3 is 2.64 bits per heavy atom. The maximum Gasteiger partial charge on any atom is 0.281 e. The molecule has 12 heteroatoms. The van der Waals surface area contributed by atoms with E-state index in [2.05, 4.69) is 25.7 Å². The summed E-state index contributed by atoms with van der Waals surface area (Å²) in [7, 11) is 1.53. The number of nitrogens with zero attached hydrogens (tertiary/aromatic N) is 3. The number of hydrogen-bond acceptors (Lipinski definition) is 7. The normalized spacial score (nSPS) is 17.3. The number of carbonyl (C=O) groups excluding carboxylic acids is 2. The third kappa shape index (κ3) is 5.52. The molecular weight excluding hydrogens is 572 g/mol. The van der Waals surface area contributed by atoms with Crippen molar-refractivity contribution in [2.45, 2.75) is 39.0 Å². The second-order valence-electron chi connectivity index (χ2n) is 11.3. The molecule has 1 fully saturated rings. The van der Waals surface area contributed by atoms with E-state index >= 15 is 0 Å². The molecule has 44 heavy (non-hydrogen) atoms. The van der Waals surface area contributed by atoms with E-state index in [0.717, 1.165) is 34.6 Å². The van der Waals surface area contributed by atoms with Gasteiger partial charge in [0.2, 0.25) is 5.91 Å². The summed E-state index contributed by atoms with van der Waals surface area (Å²) in [5, 5.41) is 14.0. The zero-order valence-corrected chi connectivity index (χ0v) is 24.4. The standard InChI is InChI=1S/C32H31F2N5O5/c1-17-28(18(2)38-37-17)19-4-6-20(7-5-19)36-31(41)22(14-35-30(40)23-15-44-39-26(23)8-11-42-3)29-21-12-24(33)25(34)13-27(21)43-16-32(29)9-10-32/h4-7,12-15,22,29H,8-11,16H2,1-3H3,(H,36,41)(H,37,38)/b35-14+. The molecule has 2 amide bonds. The van der Waals surface area contributed by atoms with Crippen molar-refractivity contribution >= 4 is 23.7 Å². The van der Waals surface area contributed by atoms with E-state index < -0.39 is 40.7 Å². The molecule has 1 aliphatic heterocycles. The summed E-state index contributed by atoms with van der Waals surface area (Å²) in [5.74, 6) is -4.66. The highest BCUT2D eigenvalue weighted by atomic mass is 19.2. The Hall–Kier alpha value is -4.71. The predicted octanol–water partition coefficient (Wildman–Crippen LogP) is 5.57. The van der Waals surface area contributed by atoms with Crippen LogP contribution < -0.4 is 10.1 Å². The molecule has 1 aliphatic carbocycles. The Kier molecular flexibility index (Phi) is 7.85. The van der Waals surface area contributed by atoms with Crippen LogP contribution >= 0.6 is 0 Å². The zero-order chi connectivity index (χ0) is 31.0. The van der Waals surface area contributed by atoms with Crippen LogP contribution in [-0.4, -0.2) is 53.7 Å². The van der Waals surface area contributed by atoms with Crippen molar-refractivity contribution < 1.29 is 32.4 Å². The Morgan fingerprint density at radius 1 is 1.20 bits per heavy atom. The van der Waals surface area contributed by atoms with Crippen molar-refractivity contribution in [3.8, 4) is 16.9 Å². The maximum absolute atomic E-state index is 14.6. The van der Waals surface area contributed by atoms with E-state index in [1.54, 1.807) is 12.1 Å². The SMILES string of the molecule is COCCc1nocc1C(=O)/N=C/C(C(=O)Nc1ccc(-c2c(C)n[nH]c2C)cc1)C1c2cc(F)c(F)cc2OCC12CC2. The van der Waals surface area contributed by atoms with E-state index in [0.29, 0.717) is 42.8 Å². The second kappa shape index (κ2) is 11.8. The molecule has 6 rings (SSSR count). The van der Waals surface area contributed by atoms with E-state index in [9.17, 15) is 18.4 Å². The van der Waals surface area contributed by atoms with Crippen molar-refractivity contribution in [1.82, 2.24) is 15.4 Å². The Balaban J connectivity index is 1.34. The Morgan fingerprint density at radius 2 is 1.95 bits per heavy atom. The van der Waals surface area contributed by atoms with Crippen LogP contribution in [0.15, 0.2) is 52.2 Å². The lowest BCUT2D eigenvalue weighted by Crippen LogP contribution is -2.39. The summed E-state index contributed by atoms with van der Waals surface area (Å²) in [6, 6.07) is 9.39. The molecule has 1 spiro atoms. The van der Waals surface area contributed by atoms with Gasteiger partial charge in [0.05, 0.1) is 30.5 Å². The van der Waals surface area contributed by atoms with Crippen molar-refractivity contribution in [3.05, 3.63) is 82.5 Å². The summed E-state index contributed by atoms with van der Waals surface area (Å²) in [6.45, 7) is 4.40. The van der Waals surface area contributed by atoms with Crippen LogP contribution in [0.3, 0.4) is 0 Å². The lowest BCUT2D eigenvalue weighted by molar-refractivity contribution is -0.119. The predicted molar refractivity (Wildman–Crippen MR) is 157 cm³/mol. The number of aliphatic imine (C=N–C) groups is 1. The number of anilines is 1. The number of hydrogen-bond donors (Lipinski definition) is 2. The van der Waals surface area contributed by atoms with Gasteiger partial charge >= 0.3 is 0 Å². The van der Waals surface area contributed by atoms with Crippen LogP contribution in [0.1, 0.15) is 51.8 Å². The second-order valence-corrected chi connectivity index (χ2v) is 11.3. The summed E-state index contributed by atoms with van der Waals surface area (Å²) < 4.78 is 44.7. The van der Waals surface area contributed by atoms with Gasteiger partial charge in [-0.1, -0.05) is 17.3 Å². The number of nitrogens with one attached hydrogen (secondary N) is 2. The summed E-state index contributed by atoms with van der Waals surface area (Å²) in [5.41, 5.74) is 4.62. The first kappa shape index (κ1) is 29.4. The number of ether oxygens (including phenoxy) is 2. The number of benzene rings is 2. The van der Waals surface area contributed by atoms with Crippen LogP contribution in [0.2, 0.25) is 0 Å². The fraction of sp³-hybridized carbons (Fsp3) is 0.344. The average molecular weight is 604 g/mol. The molecule has 1 saturated carbocycles. The molecular formula is C32H31F2N5O5. The molecule has 228 valence electrons. The van der Waals surface area contributed by atoms with Gasteiger partial charge in [0.25, 0.3) is 5.91 Å². The third-order valence-electron chi connectivity index (χ3n) is 8.46. The molecule has 2 N–H and O–H groups in total. The van der Waals surface area contributed by atoms with Gasteiger partial charge in [-0.15, -0.1) is 0 Å². The molecule has 2 unspecified atom stereocenters. The van der Waals surface area contributed by atoms with E-state index in [1.807, 2.05) is 26.0 Å². The molecule has 10 nitrogen and oxygen atoms in total. The Bertz CT molecular complexity index is 1720. The highest BCUT2D eigenvalue weighted by Crippen LogP contribution is 2.62. The number of fused-ring (bicyclic) bond motifs is 1. The largest absolute Gasteiger partial charge is 0.493 e. The number of aromatic nitrogens is 3. The van der Waals surface area contributed by atoms with Gasteiger partial charge in [-0.05, 0) is 50.5 Å². The monoisotopic (exact) mass is 603 g/mol. The van der Waals surface area contributed by atoms with Gasteiger partial charge in [0.15, 0.2) is 11.6 Å². The molecule has 2 atom stereocenters. The lowest BCUT2D eigenvalue weighted by Gasteiger charge is -2.37. The van der Waals surface area contributed by atoms with Crippen LogP contribution in [0.5, 0.6) is 5.75 Å². The maximum atomic E-state index is 14.6. The number of halogens is 2. The van der Waals surface area contributed by atoms with Gasteiger partial charge < -0.3 is 19.3 Å². The number of aryl methyl sites for hydroxylation is 2. The number of carbonyl (C=O) groups is 2. The van der Waals surface area contributed by atoms with Gasteiger partial charge in [0, 0.05) is 59.7 Å². The smallest absolute Gasteiger partial charge is 0.281 e. The molecule has 3 heterocycles. The van der Waals surface area contributed by atoms with Gasteiger partial charge in [-0.2, -0.15) is 5.10 Å². The Labute approximate surface area is 251 Å². The lowest BCUT2D eigenvalue weighted by atomic mass is 9.73. The highest BCUT2D eigenvalue weighted by Gasteiger charge is 2.57. The molecule has 2 aromatic heterocycles. The zero-order valence-electron chi connectivity index (χ0n) is 24.4. The number of H-pyrrole nitrogens is 1. The minimum absolute atomic E-state index is 0.152. The van der Waals surface area contributed by atoms with E-state index in [4.69, 9.17) is 14.0 Å².